The number of para-hydroxylation sites is 2. The predicted molar refractivity (Wildman–Crippen MR) is 282 cm³/mol. The fourth-order valence-corrected chi connectivity index (χ4v) is 13.8. The number of nitrogens with zero attached hydrogens (tertiary/aromatic N) is 3. The molecule has 0 bridgehead atoms. The molecule has 11 aromatic rings. The molecule has 0 aliphatic heterocycles. The molecule has 3 aromatic heterocycles. The SMILES string of the molecule is CC1(C)c2cc(N(c3ccc4c(c3)C(C)(C)c3c5c(c6c(oc7ccccc76)c3-4)-c3ccccc3C5(C)C)c3ncccn3)ccc2-c2cc3c(cc21)-c1c(ccc2oc4ccccc4c12)C3(C)C. The molecule has 0 saturated carbocycles. The lowest BCUT2D eigenvalue weighted by Gasteiger charge is -2.31. The van der Waals surface area contributed by atoms with Crippen LogP contribution in [0.2, 0.25) is 0 Å². The largest absolute Gasteiger partial charge is 0.456 e. The minimum atomic E-state index is -0.358. The number of hydrogen-bond acceptors (Lipinski definition) is 5. The summed E-state index contributed by atoms with van der Waals surface area (Å²) < 4.78 is 13.5. The third kappa shape index (κ3) is 4.71. The van der Waals surface area contributed by atoms with Crippen LogP contribution in [0.5, 0.6) is 0 Å². The van der Waals surface area contributed by atoms with Crippen molar-refractivity contribution in [2.75, 3.05) is 4.90 Å². The van der Waals surface area contributed by atoms with Gasteiger partial charge in [-0.25, -0.2) is 9.97 Å². The van der Waals surface area contributed by atoms with Crippen LogP contribution in [-0.2, 0) is 21.7 Å². The van der Waals surface area contributed by atoms with Gasteiger partial charge >= 0.3 is 0 Å². The molecule has 69 heavy (non-hydrogen) atoms. The average molecular weight is 892 g/mol. The maximum Gasteiger partial charge on any atom is 0.234 e. The van der Waals surface area contributed by atoms with Crippen LogP contribution in [0, 0.1) is 0 Å². The Bertz CT molecular complexity index is 4140. The highest BCUT2D eigenvalue weighted by Gasteiger charge is 2.49. The van der Waals surface area contributed by atoms with E-state index in [0.29, 0.717) is 5.95 Å². The second-order valence-electron chi connectivity index (χ2n) is 22.1. The molecular formula is C64H49N3O2. The summed E-state index contributed by atoms with van der Waals surface area (Å²) in [5.41, 5.74) is 25.8. The number of aromatic nitrogens is 2. The number of anilines is 3. The number of rotatable bonds is 3. The number of fused-ring (bicyclic) bond motifs is 22. The van der Waals surface area contributed by atoms with Gasteiger partial charge in [0.25, 0.3) is 0 Å². The van der Waals surface area contributed by atoms with E-state index in [1.807, 2.05) is 18.5 Å². The minimum absolute atomic E-state index is 0.183. The molecule has 0 amide bonds. The van der Waals surface area contributed by atoms with Crippen LogP contribution in [0.15, 0.2) is 161 Å². The maximum atomic E-state index is 7.01. The van der Waals surface area contributed by atoms with Crippen LogP contribution in [0.1, 0.15) is 99.9 Å². The van der Waals surface area contributed by atoms with Crippen molar-refractivity contribution < 1.29 is 8.83 Å². The van der Waals surface area contributed by atoms with Crippen molar-refractivity contribution in [1.29, 1.82) is 0 Å². The number of furan rings is 2. The average Bonchev–Trinajstić information content (AvgIpc) is 4.14. The fourth-order valence-electron chi connectivity index (χ4n) is 13.8. The topological polar surface area (TPSA) is 55.3 Å². The minimum Gasteiger partial charge on any atom is -0.456 e. The fraction of sp³-hybridized carbons (Fsp3) is 0.188. The molecule has 5 heteroatoms. The Hall–Kier alpha value is -7.76. The van der Waals surface area contributed by atoms with Crippen LogP contribution >= 0.6 is 0 Å². The Balaban J connectivity index is 0.904. The molecule has 0 saturated heterocycles. The van der Waals surface area contributed by atoms with E-state index in [4.69, 9.17) is 18.8 Å². The van der Waals surface area contributed by atoms with E-state index in [0.717, 1.165) is 39.1 Å². The van der Waals surface area contributed by atoms with E-state index in [1.54, 1.807) is 0 Å². The van der Waals surface area contributed by atoms with Crippen molar-refractivity contribution in [1.82, 2.24) is 9.97 Å². The van der Waals surface area contributed by atoms with Gasteiger partial charge in [-0.3, -0.25) is 4.90 Å². The lowest BCUT2D eigenvalue weighted by molar-refractivity contribution is 0.600. The third-order valence-corrected chi connectivity index (χ3v) is 17.1. The lowest BCUT2D eigenvalue weighted by Crippen LogP contribution is -2.24. The molecule has 0 unspecified atom stereocenters. The summed E-state index contributed by atoms with van der Waals surface area (Å²) in [6.45, 7) is 19.2. The molecule has 0 N–H and O–H groups in total. The van der Waals surface area contributed by atoms with Gasteiger partial charge in [-0.05, 0) is 144 Å². The van der Waals surface area contributed by atoms with E-state index in [9.17, 15) is 0 Å². The highest BCUT2D eigenvalue weighted by atomic mass is 16.3. The first-order valence-electron chi connectivity index (χ1n) is 24.4. The van der Waals surface area contributed by atoms with Gasteiger partial charge in [0, 0.05) is 72.5 Å². The summed E-state index contributed by atoms with van der Waals surface area (Å²) in [6.07, 6.45) is 3.69. The summed E-state index contributed by atoms with van der Waals surface area (Å²) in [4.78, 5) is 12.1. The summed E-state index contributed by atoms with van der Waals surface area (Å²) in [6, 6.07) is 51.4. The summed E-state index contributed by atoms with van der Waals surface area (Å²) in [7, 11) is 0. The highest BCUT2D eigenvalue weighted by Crippen LogP contribution is 2.64. The van der Waals surface area contributed by atoms with E-state index in [-0.39, 0.29) is 21.7 Å². The Morgan fingerprint density at radius 2 is 0.928 bits per heavy atom. The molecule has 332 valence electrons. The molecule has 0 atom stereocenters. The van der Waals surface area contributed by atoms with E-state index in [1.165, 1.54) is 105 Å². The molecule has 3 heterocycles. The molecular weight excluding hydrogens is 843 g/mol. The molecule has 0 fully saturated rings. The van der Waals surface area contributed by atoms with Crippen molar-refractivity contribution in [2.45, 2.75) is 77.0 Å². The van der Waals surface area contributed by atoms with Gasteiger partial charge in [-0.2, -0.15) is 0 Å². The molecule has 0 spiro atoms. The first-order valence-corrected chi connectivity index (χ1v) is 24.4. The van der Waals surface area contributed by atoms with Crippen molar-refractivity contribution in [3.63, 3.8) is 0 Å². The van der Waals surface area contributed by atoms with Gasteiger partial charge in [0.2, 0.25) is 5.95 Å². The summed E-state index contributed by atoms with van der Waals surface area (Å²) >= 11 is 0. The molecule has 0 radical (unpaired) electrons. The van der Waals surface area contributed by atoms with E-state index in [2.05, 4.69) is 194 Å². The number of hydrogen-bond donors (Lipinski definition) is 0. The van der Waals surface area contributed by atoms with Gasteiger partial charge in [0.1, 0.15) is 22.3 Å². The zero-order valence-corrected chi connectivity index (χ0v) is 40.1. The summed E-state index contributed by atoms with van der Waals surface area (Å²) in [5, 5.41) is 4.76. The molecule has 4 aliphatic carbocycles. The normalized spacial score (nSPS) is 16.6. The quantitative estimate of drug-likeness (QED) is 0.177. The van der Waals surface area contributed by atoms with Crippen LogP contribution in [-0.4, -0.2) is 9.97 Å². The van der Waals surface area contributed by atoms with E-state index < -0.39 is 0 Å². The first kappa shape index (κ1) is 39.3. The smallest absolute Gasteiger partial charge is 0.234 e. The van der Waals surface area contributed by atoms with Gasteiger partial charge < -0.3 is 8.83 Å². The van der Waals surface area contributed by atoms with Gasteiger partial charge in [0.05, 0.1) is 0 Å². The molecule has 8 aromatic carbocycles. The molecule has 4 aliphatic rings. The molecule has 15 rings (SSSR count). The maximum absolute atomic E-state index is 7.01. The Morgan fingerprint density at radius 3 is 1.68 bits per heavy atom. The lowest BCUT2D eigenvalue weighted by atomic mass is 9.72. The zero-order valence-electron chi connectivity index (χ0n) is 40.1. The standard InChI is InChI=1S/C64H49N3O2/c1-61(2)44-26-27-51-53(39-17-10-13-20-49(39)68-51)52(44)42-33-47-41(32-48(42)61)36-24-22-34(30-45(36)62(47,3)4)67(60-65-28-15-29-66-60)35-23-25-38-46(31-35)64(7,8)58-56(38)59-55(40-18-11-14-21-50(40)69-59)54-37-16-9-12-19-43(37)63(5,6)57(54)58/h9-33H,1-8H3. The van der Waals surface area contributed by atoms with Crippen molar-refractivity contribution in [2.24, 2.45) is 0 Å². The number of benzene rings is 8. The van der Waals surface area contributed by atoms with E-state index >= 15 is 0 Å². The monoisotopic (exact) mass is 891 g/mol. The second kappa shape index (κ2) is 12.7. The first-order chi connectivity index (χ1) is 33.3. The van der Waals surface area contributed by atoms with Crippen LogP contribution in [0.3, 0.4) is 0 Å². The zero-order chi connectivity index (χ0) is 46.7. The Kier molecular flexibility index (Phi) is 7.20. The van der Waals surface area contributed by atoms with Crippen molar-refractivity contribution in [3.8, 4) is 44.5 Å². The van der Waals surface area contributed by atoms with Crippen LogP contribution in [0.25, 0.3) is 88.4 Å². The van der Waals surface area contributed by atoms with Crippen molar-refractivity contribution in [3.05, 3.63) is 196 Å². The third-order valence-electron chi connectivity index (χ3n) is 17.1. The highest BCUT2D eigenvalue weighted by molar-refractivity contribution is 6.21. The van der Waals surface area contributed by atoms with Gasteiger partial charge in [-0.15, -0.1) is 0 Å². The van der Waals surface area contributed by atoms with Crippen molar-refractivity contribution >= 4 is 61.2 Å². The molecule has 5 nitrogen and oxygen atoms in total. The van der Waals surface area contributed by atoms with Gasteiger partial charge in [0.15, 0.2) is 0 Å². The van der Waals surface area contributed by atoms with Crippen LogP contribution in [0.4, 0.5) is 17.3 Å². The second-order valence-corrected chi connectivity index (χ2v) is 22.1. The van der Waals surface area contributed by atoms with Crippen LogP contribution < -0.4 is 4.90 Å². The van der Waals surface area contributed by atoms with Gasteiger partial charge in [-0.1, -0.05) is 134 Å². The Labute approximate surface area is 401 Å². The Morgan fingerprint density at radius 1 is 0.377 bits per heavy atom. The summed E-state index contributed by atoms with van der Waals surface area (Å²) in [5.74, 6) is 0.630. The predicted octanol–water partition coefficient (Wildman–Crippen LogP) is 17.0.